The monoisotopic (exact) mass is 130 g/mol. The first-order valence-corrected chi connectivity index (χ1v) is 3.15. The highest BCUT2D eigenvalue weighted by Gasteiger charge is 1.88. The molecular weight excluding hydrogens is 122 g/mol. The van der Waals surface area contributed by atoms with Crippen molar-refractivity contribution in [3.8, 4) is 6.07 Å². The summed E-state index contributed by atoms with van der Waals surface area (Å²) in [5.74, 6) is 0. The van der Waals surface area contributed by atoms with Gasteiger partial charge in [-0.2, -0.15) is 5.26 Å². The fourth-order valence-electron chi connectivity index (χ4n) is 0.746. The van der Waals surface area contributed by atoms with Gasteiger partial charge in [-0.3, -0.25) is 0 Å². The largest absolute Gasteiger partial charge is 0.192 e. The molecule has 10 heavy (non-hydrogen) atoms. The lowest BCUT2D eigenvalue weighted by Gasteiger charge is -1.92. The van der Waals surface area contributed by atoms with Crippen LogP contribution in [0.15, 0.2) is 24.3 Å². The maximum absolute atomic E-state index is 8.44. The molecule has 0 unspecified atom stereocenters. The van der Waals surface area contributed by atoms with Gasteiger partial charge < -0.3 is 0 Å². The molecule has 0 N–H and O–H groups in total. The molecule has 1 aromatic carbocycles. The van der Waals surface area contributed by atoms with Crippen molar-refractivity contribution in [1.82, 2.24) is 0 Å². The number of hydrogen-bond acceptors (Lipinski definition) is 1. The van der Waals surface area contributed by atoms with E-state index in [1.165, 1.54) is 5.56 Å². The molecule has 0 amide bonds. The smallest absolute Gasteiger partial charge is 0.0991 e. The van der Waals surface area contributed by atoms with Crippen LogP contribution >= 0.6 is 0 Å². The Labute approximate surface area is 60.9 Å². The summed E-state index contributed by atoms with van der Waals surface area (Å²) in [4.78, 5) is 0. The number of hydrogen-bond donors (Lipinski definition) is 0. The zero-order valence-corrected chi connectivity index (χ0v) is 5.67. The Morgan fingerprint density at radius 1 is 1.30 bits per heavy atom. The highest BCUT2D eigenvalue weighted by molar-refractivity contribution is 5.31. The number of benzene rings is 1. The highest BCUT2D eigenvalue weighted by atomic mass is 14.2. The minimum Gasteiger partial charge on any atom is -0.192 e. The van der Waals surface area contributed by atoms with Crippen molar-refractivity contribution in [3.05, 3.63) is 42.3 Å². The van der Waals surface area contributed by atoms with Crippen LogP contribution < -0.4 is 0 Å². The average molecular weight is 130 g/mol. The summed E-state index contributed by atoms with van der Waals surface area (Å²) in [5, 5.41) is 8.44. The van der Waals surface area contributed by atoms with E-state index in [0.717, 1.165) is 6.42 Å². The number of nitrogens with zero attached hydrogens (tertiary/aromatic N) is 1. The van der Waals surface area contributed by atoms with Gasteiger partial charge in [0.1, 0.15) is 0 Å². The minimum atomic E-state index is 0.706. The predicted octanol–water partition coefficient (Wildman–Crippen LogP) is 1.93. The Kier molecular flexibility index (Phi) is 2.07. The van der Waals surface area contributed by atoms with Gasteiger partial charge in [0.25, 0.3) is 0 Å². The molecule has 0 aromatic heterocycles. The number of nitriles is 1. The van der Waals surface area contributed by atoms with Gasteiger partial charge in [0.05, 0.1) is 11.6 Å². The van der Waals surface area contributed by atoms with Crippen molar-refractivity contribution in [2.75, 3.05) is 0 Å². The zero-order valence-electron chi connectivity index (χ0n) is 5.67. The van der Waals surface area contributed by atoms with Crippen LogP contribution in [0.1, 0.15) is 11.1 Å². The van der Waals surface area contributed by atoms with Gasteiger partial charge in [-0.05, 0) is 31.0 Å². The fraction of sp³-hybridized carbons (Fsp3) is 0.111. The molecule has 0 atom stereocenters. The molecule has 0 heterocycles. The lowest BCUT2D eigenvalue weighted by Crippen LogP contribution is -1.79. The molecule has 1 rings (SSSR count). The van der Waals surface area contributed by atoms with Crippen molar-refractivity contribution in [2.45, 2.75) is 6.42 Å². The molecular formula is C9H8N. The van der Waals surface area contributed by atoms with Crippen LogP contribution in [-0.4, -0.2) is 0 Å². The molecule has 1 heteroatoms. The Hall–Kier alpha value is -1.29. The molecule has 0 aliphatic carbocycles. The van der Waals surface area contributed by atoms with E-state index in [1.54, 1.807) is 12.1 Å². The van der Waals surface area contributed by atoms with Crippen LogP contribution in [0.5, 0.6) is 0 Å². The molecule has 0 spiro atoms. The van der Waals surface area contributed by atoms with E-state index in [1.807, 2.05) is 12.1 Å². The zero-order chi connectivity index (χ0) is 7.40. The lowest BCUT2D eigenvalue weighted by atomic mass is 10.1. The summed E-state index contributed by atoms with van der Waals surface area (Å²) < 4.78 is 0. The van der Waals surface area contributed by atoms with Crippen LogP contribution in [0.2, 0.25) is 0 Å². The maximum Gasteiger partial charge on any atom is 0.0991 e. The van der Waals surface area contributed by atoms with Gasteiger partial charge in [-0.1, -0.05) is 12.1 Å². The van der Waals surface area contributed by atoms with E-state index in [-0.39, 0.29) is 0 Å². The molecule has 1 nitrogen and oxygen atoms in total. The SMILES string of the molecule is [CH2]Cc1ccc(C#N)cc1. The first-order chi connectivity index (χ1) is 4.86. The second-order valence-corrected chi connectivity index (χ2v) is 2.06. The normalized spacial score (nSPS) is 8.80. The summed E-state index contributed by atoms with van der Waals surface area (Å²) >= 11 is 0. The van der Waals surface area contributed by atoms with E-state index in [9.17, 15) is 0 Å². The third kappa shape index (κ3) is 1.35. The predicted molar refractivity (Wildman–Crippen MR) is 40.2 cm³/mol. The molecule has 1 aromatic rings. The maximum atomic E-state index is 8.44. The molecule has 0 aliphatic rings. The molecule has 1 radical (unpaired) electrons. The van der Waals surface area contributed by atoms with E-state index in [0.29, 0.717) is 5.56 Å². The van der Waals surface area contributed by atoms with E-state index >= 15 is 0 Å². The molecule has 0 fully saturated rings. The number of rotatable bonds is 1. The second-order valence-electron chi connectivity index (χ2n) is 2.06. The van der Waals surface area contributed by atoms with Gasteiger partial charge >= 0.3 is 0 Å². The highest BCUT2D eigenvalue weighted by Crippen LogP contribution is 2.02. The quantitative estimate of drug-likeness (QED) is 0.569. The summed E-state index contributed by atoms with van der Waals surface area (Å²) in [6, 6.07) is 9.51. The van der Waals surface area contributed by atoms with Gasteiger partial charge in [0, 0.05) is 0 Å². The summed E-state index contributed by atoms with van der Waals surface area (Å²) in [6.45, 7) is 3.73. The van der Waals surface area contributed by atoms with Gasteiger partial charge in [0.2, 0.25) is 0 Å². The fourth-order valence-corrected chi connectivity index (χ4v) is 0.746. The van der Waals surface area contributed by atoms with Gasteiger partial charge in [-0.25, -0.2) is 0 Å². The third-order valence-corrected chi connectivity index (χ3v) is 1.37. The first kappa shape index (κ1) is 6.82. The molecule has 0 aliphatic heterocycles. The Morgan fingerprint density at radius 3 is 2.30 bits per heavy atom. The summed E-state index contributed by atoms with van der Waals surface area (Å²) in [5.41, 5.74) is 1.87. The standard InChI is InChI=1S/C9H8N/c1-2-8-3-5-9(7-10)6-4-8/h3-6H,1-2H2. The van der Waals surface area contributed by atoms with Crippen molar-refractivity contribution < 1.29 is 0 Å². The van der Waals surface area contributed by atoms with Crippen molar-refractivity contribution >= 4 is 0 Å². The topological polar surface area (TPSA) is 23.8 Å². The Bertz CT molecular complexity index is 240. The van der Waals surface area contributed by atoms with Crippen molar-refractivity contribution in [1.29, 1.82) is 5.26 Å². The Balaban J connectivity index is 2.93. The van der Waals surface area contributed by atoms with Crippen molar-refractivity contribution in [3.63, 3.8) is 0 Å². The van der Waals surface area contributed by atoms with Crippen LogP contribution in [0.3, 0.4) is 0 Å². The minimum absolute atomic E-state index is 0.706. The van der Waals surface area contributed by atoms with Crippen LogP contribution in [0.4, 0.5) is 0 Å². The first-order valence-electron chi connectivity index (χ1n) is 3.15. The van der Waals surface area contributed by atoms with Crippen LogP contribution in [0, 0.1) is 18.3 Å². The molecule has 0 saturated carbocycles. The van der Waals surface area contributed by atoms with Gasteiger partial charge in [0.15, 0.2) is 0 Å². The van der Waals surface area contributed by atoms with E-state index in [4.69, 9.17) is 5.26 Å². The third-order valence-electron chi connectivity index (χ3n) is 1.37. The molecule has 0 bridgehead atoms. The summed E-state index contributed by atoms with van der Waals surface area (Å²) in [7, 11) is 0. The van der Waals surface area contributed by atoms with Crippen LogP contribution in [0.25, 0.3) is 0 Å². The molecule has 0 saturated heterocycles. The lowest BCUT2D eigenvalue weighted by molar-refractivity contribution is 1.27. The van der Waals surface area contributed by atoms with E-state index in [2.05, 4.69) is 13.0 Å². The molecule has 49 valence electrons. The second kappa shape index (κ2) is 3.03. The van der Waals surface area contributed by atoms with Gasteiger partial charge in [-0.15, -0.1) is 0 Å². The van der Waals surface area contributed by atoms with E-state index < -0.39 is 0 Å². The summed E-state index contributed by atoms with van der Waals surface area (Å²) in [6.07, 6.45) is 0.783. The average Bonchev–Trinajstić information content (AvgIpc) is 2.05. The van der Waals surface area contributed by atoms with Crippen LogP contribution in [-0.2, 0) is 6.42 Å². The Morgan fingerprint density at radius 2 is 1.90 bits per heavy atom. The van der Waals surface area contributed by atoms with Crippen molar-refractivity contribution in [2.24, 2.45) is 0 Å².